The van der Waals surface area contributed by atoms with Crippen LogP contribution in [0.4, 0.5) is 5.69 Å². The second-order valence-corrected chi connectivity index (χ2v) is 4.93. The minimum absolute atomic E-state index is 0.0957. The zero-order chi connectivity index (χ0) is 14.5. The topological polar surface area (TPSA) is 52.9 Å². The average Bonchev–Trinajstić information content (AvgIpc) is 2.44. The van der Waals surface area contributed by atoms with Crippen molar-refractivity contribution >= 4 is 34.8 Å². The lowest BCUT2D eigenvalue weighted by Gasteiger charge is -2.08. The highest BCUT2D eigenvalue weighted by atomic mass is 35.5. The number of halogens is 2. The zero-order valence-electron chi connectivity index (χ0n) is 10.4. The smallest absolute Gasteiger partial charge is 0.228 e. The second kappa shape index (κ2) is 6.42. The molecule has 0 aliphatic heterocycles. The summed E-state index contributed by atoms with van der Waals surface area (Å²) >= 11 is 12.0. The largest absolute Gasteiger partial charge is 0.326 e. The Hall–Kier alpha value is -2.02. The molecule has 3 nitrogen and oxygen atoms in total. The number of rotatable bonds is 3. The highest BCUT2D eigenvalue weighted by Crippen LogP contribution is 2.25. The Labute approximate surface area is 126 Å². The number of benzene rings is 2. The summed E-state index contributed by atoms with van der Waals surface area (Å²) in [4.78, 5) is 11.9. The molecule has 0 aromatic heterocycles. The molecule has 0 saturated carbocycles. The van der Waals surface area contributed by atoms with E-state index in [2.05, 4.69) is 5.32 Å². The van der Waals surface area contributed by atoms with Gasteiger partial charge in [0.15, 0.2) is 0 Å². The first kappa shape index (κ1) is 14.4. The molecule has 2 aromatic rings. The number of hydrogen-bond donors (Lipinski definition) is 1. The highest BCUT2D eigenvalue weighted by Gasteiger charge is 2.10. The van der Waals surface area contributed by atoms with Crippen molar-refractivity contribution in [1.82, 2.24) is 0 Å². The summed E-state index contributed by atoms with van der Waals surface area (Å²) in [6.07, 6.45) is 0.0957. The molecule has 100 valence electrons. The van der Waals surface area contributed by atoms with E-state index >= 15 is 0 Å². The van der Waals surface area contributed by atoms with E-state index in [1.807, 2.05) is 6.07 Å². The van der Waals surface area contributed by atoms with Crippen molar-refractivity contribution in [3.63, 3.8) is 0 Å². The quantitative estimate of drug-likeness (QED) is 0.930. The molecular formula is C15H10Cl2N2O. The Morgan fingerprint density at radius 3 is 2.25 bits per heavy atom. The summed E-state index contributed by atoms with van der Waals surface area (Å²) in [5.41, 5.74) is 1.76. The van der Waals surface area contributed by atoms with E-state index in [1.54, 1.807) is 42.5 Å². The molecule has 2 aromatic carbocycles. The standard InChI is InChI=1S/C15H10Cl2N2O/c16-13-2-1-3-14(17)12(13)8-15(20)19-11-6-4-10(9-18)5-7-11/h1-7H,8H2,(H,19,20). The Morgan fingerprint density at radius 2 is 1.70 bits per heavy atom. The maximum Gasteiger partial charge on any atom is 0.228 e. The Balaban J connectivity index is 2.07. The van der Waals surface area contributed by atoms with Crippen LogP contribution in [-0.2, 0) is 11.2 Å². The minimum Gasteiger partial charge on any atom is -0.326 e. The summed E-state index contributed by atoms with van der Waals surface area (Å²) < 4.78 is 0. The fourth-order valence-electron chi connectivity index (χ4n) is 1.70. The normalized spacial score (nSPS) is 9.85. The van der Waals surface area contributed by atoms with Crippen LogP contribution in [0, 0.1) is 11.3 Å². The van der Waals surface area contributed by atoms with Crippen LogP contribution >= 0.6 is 23.2 Å². The van der Waals surface area contributed by atoms with E-state index in [4.69, 9.17) is 28.5 Å². The number of carbonyl (C=O) groups is 1. The van der Waals surface area contributed by atoms with Crippen molar-refractivity contribution in [3.8, 4) is 6.07 Å². The number of amides is 1. The van der Waals surface area contributed by atoms with Gasteiger partial charge in [0, 0.05) is 15.7 Å². The molecule has 0 fully saturated rings. The van der Waals surface area contributed by atoms with Crippen molar-refractivity contribution in [2.45, 2.75) is 6.42 Å². The predicted octanol–water partition coefficient (Wildman–Crippen LogP) is 4.05. The van der Waals surface area contributed by atoms with Crippen LogP contribution in [0.25, 0.3) is 0 Å². The van der Waals surface area contributed by atoms with E-state index in [-0.39, 0.29) is 12.3 Å². The molecule has 1 amide bonds. The molecular weight excluding hydrogens is 295 g/mol. The van der Waals surface area contributed by atoms with Crippen LogP contribution in [0.1, 0.15) is 11.1 Å². The van der Waals surface area contributed by atoms with Crippen LogP contribution < -0.4 is 5.32 Å². The van der Waals surface area contributed by atoms with Crippen molar-refractivity contribution < 1.29 is 4.79 Å². The van der Waals surface area contributed by atoms with Gasteiger partial charge >= 0.3 is 0 Å². The van der Waals surface area contributed by atoms with Gasteiger partial charge in [-0.3, -0.25) is 4.79 Å². The van der Waals surface area contributed by atoms with Crippen molar-refractivity contribution in [2.75, 3.05) is 5.32 Å². The summed E-state index contributed by atoms with van der Waals surface area (Å²) in [5.74, 6) is -0.218. The Morgan fingerprint density at radius 1 is 1.10 bits per heavy atom. The van der Waals surface area contributed by atoms with Gasteiger partial charge < -0.3 is 5.32 Å². The second-order valence-electron chi connectivity index (χ2n) is 4.11. The number of nitrogens with zero attached hydrogens (tertiary/aromatic N) is 1. The molecule has 5 heteroatoms. The average molecular weight is 305 g/mol. The lowest BCUT2D eigenvalue weighted by Crippen LogP contribution is -2.14. The van der Waals surface area contributed by atoms with E-state index in [9.17, 15) is 4.79 Å². The number of nitriles is 1. The van der Waals surface area contributed by atoms with Gasteiger partial charge in [0.1, 0.15) is 0 Å². The van der Waals surface area contributed by atoms with Gasteiger partial charge in [0.2, 0.25) is 5.91 Å². The molecule has 20 heavy (non-hydrogen) atoms. The third-order valence-corrected chi connectivity index (χ3v) is 3.40. The van der Waals surface area contributed by atoms with Gasteiger partial charge in [-0.15, -0.1) is 0 Å². The summed E-state index contributed by atoms with van der Waals surface area (Å²) in [6, 6.07) is 13.7. The fourth-order valence-corrected chi connectivity index (χ4v) is 2.23. The maximum atomic E-state index is 11.9. The van der Waals surface area contributed by atoms with Crippen LogP contribution in [0.2, 0.25) is 10.0 Å². The van der Waals surface area contributed by atoms with Gasteiger partial charge in [-0.1, -0.05) is 29.3 Å². The van der Waals surface area contributed by atoms with Gasteiger partial charge in [-0.05, 0) is 42.0 Å². The predicted molar refractivity (Wildman–Crippen MR) is 80.0 cm³/mol. The van der Waals surface area contributed by atoms with Crippen LogP contribution in [-0.4, -0.2) is 5.91 Å². The third kappa shape index (κ3) is 3.51. The summed E-state index contributed by atoms with van der Waals surface area (Å²) in [5, 5.41) is 12.4. The molecule has 0 radical (unpaired) electrons. The molecule has 1 N–H and O–H groups in total. The molecule has 0 aliphatic rings. The molecule has 0 aliphatic carbocycles. The van der Waals surface area contributed by atoms with Crippen LogP contribution in [0.15, 0.2) is 42.5 Å². The van der Waals surface area contributed by atoms with Gasteiger partial charge in [-0.2, -0.15) is 5.26 Å². The van der Waals surface area contributed by atoms with Gasteiger partial charge in [0.25, 0.3) is 0 Å². The fraction of sp³-hybridized carbons (Fsp3) is 0.0667. The first-order valence-electron chi connectivity index (χ1n) is 5.83. The SMILES string of the molecule is N#Cc1ccc(NC(=O)Cc2c(Cl)cccc2Cl)cc1. The van der Waals surface area contributed by atoms with Crippen LogP contribution in [0.5, 0.6) is 0 Å². The lowest BCUT2D eigenvalue weighted by atomic mass is 10.1. The Kier molecular flexibility index (Phi) is 4.62. The molecule has 0 heterocycles. The van der Waals surface area contributed by atoms with E-state index in [0.29, 0.717) is 26.9 Å². The summed E-state index contributed by atoms with van der Waals surface area (Å²) in [6.45, 7) is 0. The number of carbonyl (C=O) groups excluding carboxylic acids is 1. The monoisotopic (exact) mass is 304 g/mol. The number of anilines is 1. The van der Waals surface area contributed by atoms with Crippen LogP contribution in [0.3, 0.4) is 0 Å². The van der Waals surface area contributed by atoms with E-state index in [1.165, 1.54) is 0 Å². The van der Waals surface area contributed by atoms with Gasteiger partial charge in [0.05, 0.1) is 18.1 Å². The van der Waals surface area contributed by atoms with Crippen molar-refractivity contribution in [2.24, 2.45) is 0 Å². The first-order valence-corrected chi connectivity index (χ1v) is 6.58. The maximum absolute atomic E-state index is 11.9. The minimum atomic E-state index is -0.218. The van der Waals surface area contributed by atoms with E-state index < -0.39 is 0 Å². The third-order valence-electron chi connectivity index (χ3n) is 2.70. The van der Waals surface area contributed by atoms with Crippen molar-refractivity contribution in [1.29, 1.82) is 5.26 Å². The van der Waals surface area contributed by atoms with E-state index in [0.717, 1.165) is 0 Å². The molecule has 0 atom stereocenters. The number of nitrogens with one attached hydrogen (secondary N) is 1. The molecule has 0 saturated heterocycles. The summed E-state index contributed by atoms with van der Waals surface area (Å²) in [7, 11) is 0. The molecule has 2 rings (SSSR count). The zero-order valence-corrected chi connectivity index (χ0v) is 11.9. The number of hydrogen-bond acceptors (Lipinski definition) is 2. The van der Waals surface area contributed by atoms with Crippen molar-refractivity contribution in [3.05, 3.63) is 63.6 Å². The lowest BCUT2D eigenvalue weighted by molar-refractivity contribution is -0.115. The molecule has 0 bridgehead atoms. The molecule has 0 spiro atoms. The first-order chi connectivity index (χ1) is 9.60. The highest BCUT2D eigenvalue weighted by molar-refractivity contribution is 6.36. The van der Waals surface area contributed by atoms with Gasteiger partial charge in [-0.25, -0.2) is 0 Å². The Bertz CT molecular complexity index is 655. The molecule has 0 unspecified atom stereocenters.